The van der Waals surface area contributed by atoms with E-state index >= 15 is 0 Å². The van der Waals surface area contributed by atoms with Crippen molar-refractivity contribution in [1.82, 2.24) is 4.98 Å². The van der Waals surface area contributed by atoms with Crippen LogP contribution < -0.4 is 4.90 Å². The van der Waals surface area contributed by atoms with Crippen molar-refractivity contribution < 1.29 is 9.53 Å². The number of carbonyl (C=O) groups excluding carboxylic acids is 1. The van der Waals surface area contributed by atoms with Crippen LogP contribution in [0.25, 0.3) is 10.2 Å². The number of halogens is 1. The van der Waals surface area contributed by atoms with Crippen LogP contribution >= 0.6 is 22.9 Å². The molecule has 0 bridgehead atoms. The Hall–Kier alpha value is -1.33. The molecule has 6 heteroatoms. The van der Waals surface area contributed by atoms with E-state index in [4.69, 9.17) is 21.3 Å². The number of hydrogen-bond acceptors (Lipinski definition) is 5. The van der Waals surface area contributed by atoms with Crippen molar-refractivity contribution >= 4 is 44.3 Å². The molecule has 1 aromatic heterocycles. The quantitative estimate of drug-likeness (QED) is 0.759. The summed E-state index contributed by atoms with van der Waals surface area (Å²) in [5.74, 6) is -0.102. The summed E-state index contributed by atoms with van der Waals surface area (Å²) in [4.78, 5) is 18.7. The molecule has 3 rings (SSSR count). The summed E-state index contributed by atoms with van der Waals surface area (Å²) in [6.07, 6.45) is 3.51. The zero-order valence-corrected chi connectivity index (χ0v) is 15.0. The third-order valence-electron chi connectivity index (χ3n) is 4.93. The molecule has 0 unspecified atom stereocenters. The highest BCUT2D eigenvalue weighted by atomic mass is 35.5. The Morgan fingerprint density at radius 3 is 2.83 bits per heavy atom. The normalized spacial score (nSPS) is 17.4. The highest BCUT2D eigenvalue weighted by Gasteiger charge is 2.36. The smallest absolute Gasteiger partial charge is 0.306 e. The molecule has 1 aliphatic heterocycles. The molecule has 1 aromatic carbocycles. The second kappa shape index (κ2) is 6.65. The average molecular weight is 353 g/mol. The maximum atomic E-state index is 11.7. The summed E-state index contributed by atoms with van der Waals surface area (Å²) < 4.78 is 5.99. The van der Waals surface area contributed by atoms with E-state index in [2.05, 4.69) is 11.8 Å². The largest absolute Gasteiger partial charge is 0.469 e. The minimum absolute atomic E-state index is 0.0730. The Bertz CT molecular complexity index is 708. The summed E-state index contributed by atoms with van der Waals surface area (Å²) in [5, 5.41) is 1.79. The highest BCUT2D eigenvalue weighted by molar-refractivity contribution is 7.22. The molecular formula is C17H21ClN2O2S. The Kier molecular flexibility index (Phi) is 4.78. The zero-order chi connectivity index (χ0) is 16.4. The topological polar surface area (TPSA) is 42.4 Å². The first kappa shape index (κ1) is 16.5. The number of hydrogen-bond donors (Lipinski definition) is 0. The number of methoxy groups -OCH3 is 1. The second-order valence-electron chi connectivity index (χ2n) is 6.20. The first-order chi connectivity index (χ1) is 11.0. The summed E-state index contributed by atoms with van der Waals surface area (Å²) >= 11 is 7.74. The molecule has 0 spiro atoms. The summed E-state index contributed by atoms with van der Waals surface area (Å²) in [7, 11) is 1.47. The molecular weight excluding hydrogens is 332 g/mol. The van der Waals surface area contributed by atoms with Gasteiger partial charge in [0.05, 0.1) is 23.7 Å². The number of nitrogens with zero attached hydrogens (tertiary/aromatic N) is 2. The molecule has 0 N–H and O–H groups in total. The van der Waals surface area contributed by atoms with Crippen LogP contribution in [0.15, 0.2) is 18.2 Å². The Morgan fingerprint density at radius 1 is 1.43 bits per heavy atom. The van der Waals surface area contributed by atoms with Gasteiger partial charge in [-0.15, -0.1) is 0 Å². The van der Waals surface area contributed by atoms with E-state index in [1.807, 2.05) is 18.2 Å². The van der Waals surface area contributed by atoms with Crippen LogP contribution in [0.5, 0.6) is 0 Å². The number of fused-ring (bicyclic) bond motifs is 1. The van der Waals surface area contributed by atoms with E-state index in [-0.39, 0.29) is 11.4 Å². The zero-order valence-electron chi connectivity index (χ0n) is 13.5. The molecule has 124 valence electrons. The van der Waals surface area contributed by atoms with E-state index < -0.39 is 0 Å². The van der Waals surface area contributed by atoms with Gasteiger partial charge in [0, 0.05) is 18.1 Å². The molecule has 1 saturated heterocycles. The fraction of sp³-hybridized carbons (Fsp3) is 0.529. The van der Waals surface area contributed by atoms with Gasteiger partial charge in [-0.1, -0.05) is 29.9 Å². The van der Waals surface area contributed by atoms with Gasteiger partial charge in [-0.3, -0.25) is 4.79 Å². The molecule has 2 aromatic rings. The molecule has 0 amide bonds. The molecule has 23 heavy (non-hydrogen) atoms. The number of piperidine rings is 1. The molecule has 2 heterocycles. The maximum Gasteiger partial charge on any atom is 0.306 e. The SMILES string of the molecule is CCC1(CC(=O)OC)CCN(c2nc3ccc(Cl)cc3s2)CC1. The lowest BCUT2D eigenvalue weighted by Crippen LogP contribution is -2.41. The molecule has 0 atom stereocenters. The fourth-order valence-electron chi connectivity index (χ4n) is 3.23. The van der Waals surface area contributed by atoms with Crippen LogP contribution in [0.4, 0.5) is 5.13 Å². The summed E-state index contributed by atoms with van der Waals surface area (Å²) in [6, 6.07) is 5.81. The van der Waals surface area contributed by atoms with E-state index in [1.54, 1.807) is 11.3 Å². The Balaban J connectivity index is 1.73. The second-order valence-corrected chi connectivity index (χ2v) is 7.65. The summed E-state index contributed by atoms with van der Waals surface area (Å²) in [5.41, 5.74) is 1.07. The molecule has 4 nitrogen and oxygen atoms in total. The number of aromatic nitrogens is 1. The molecule has 1 aliphatic rings. The van der Waals surface area contributed by atoms with Gasteiger partial charge < -0.3 is 9.64 Å². The van der Waals surface area contributed by atoms with E-state index in [1.165, 1.54) is 7.11 Å². The van der Waals surface area contributed by atoms with Gasteiger partial charge >= 0.3 is 5.97 Å². The van der Waals surface area contributed by atoms with Crippen LogP contribution in [-0.4, -0.2) is 31.2 Å². The third-order valence-corrected chi connectivity index (χ3v) is 6.24. The monoisotopic (exact) mass is 352 g/mol. The Labute approximate surface area is 145 Å². The van der Waals surface area contributed by atoms with Crippen molar-refractivity contribution in [3.8, 4) is 0 Å². The molecule has 0 saturated carbocycles. The van der Waals surface area contributed by atoms with Gasteiger partial charge in [-0.2, -0.15) is 0 Å². The van der Waals surface area contributed by atoms with Crippen molar-refractivity contribution in [1.29, 1.82) is 0 Å². The number of esters is 1. The lowest BCUT2D eigenvalue weighted by molar-refractivity contribution is -0.143. The minimum atomic E-state index is -0.102. The van der Waals surface area contributed by atoms with Crippen molar-refractivity contribution in [3.05, 3.63) is 23.2 Å². The highest BCUT2D eigenvalue weighted by Crippen LogP contribution is 2.41. The van der Waals surface area contributed by atoms with E-state index in [0.717, 1.165) is 52.7 Å². The molecule has 0 radical (unpaired) electrons. The predicted molar refractivity (Wildman–Crippen MR) is 95.4 cm³/mol. The lowest BCUT2D eigenvalue weighted by Gasteiger charge is -2.40. The van der Waals surface area contributed by atoms with Gasteiger partial charge in [0.25, 0.3) is 0 Å². The van der Waals surface area contributed by atoms with Gasteiger partial charge in [-0.25, -0.2) is 4.98 Å². The Morgan fingerprint density at radius 2 is 2.17 bits per heavy atom. The first-order valence-electron chi connectivity index (χ1n) is 7.93. The van der Waals surface area contributed by atoms with Gasteiger partial charge in [0.15, 0.2) is 5.13 Å². The van der Waals surface area contributed by atoms with Crippen LogP contribution in [0.1, 0.15) is 32.6 Å². The van der Waals surface area contributed by atoms with Crippen LogP contribution in [0.2, 0.25) is 5.02 Å². The number of ether oxygens (including phenoxy) is 1. The standard InChI is InChI=1S/C17H21ClN2O2S/c1-3-17(11-15(21)22-2)6-8-20(9-7-17)16-19-13-5-4-12(18)10-14(13)23-16/h4-5,10H,3,6-9,11H2,1-2H3. The predicted octanol–water partition coefficient (Wildman–Crippen LogP) is 4.51. The van der Waals surface area contributed by atoms with Crippen molar-refractivity contribution in [2.45, 2.75) is 32.6 Å². The molecule has 1 fully saturated rings. The fourth-order valence-corrected chi connectivity index (χ4v) is 4.52. The number of thiazole rings is 1. The van der Waals surface area contributed by atoms with Crippen LogP contribution in [0, 0.1) is 5.41 Å². The van der Waals surface area contributed by atoms with Crippen molar-refractivity contribution in [2.75, 3.05) is 25.1 Å². The van der Waals surface area contributed by atoms with Crippen molar-refractivity contribution in [3.63, 3.8) is 0 Å². The van der Waals surface area contributed by atoms with Gasteiger partial charge in [-0.05, 0) is 42.9 Å². The number of anilines is 1. The van der Waals surface area contributed by atoms with Gasteiger partial charge in [0.1, 0.15) is 0 Å². The number of rotatable bonds is 4. The summed E-state index contributed by atoms with van der Waals surface area (Å²) in [6.45, 7) is 4.02. The van der Waals surface area contributed by atoms with Crippen molar-refractivity contribution in [2.24, 2.45) is 5.41 Å². The van der Waals surface area contributed by atoms with Crippen LogP contribution in [-0.2, 0) is 9.53 Å². The number of carbonyl (C=O) groups is 1. The minimum Gasteiger partial charge on any atom is -0.469 e. The van der Waals surface area contributed by atoms with Gasteiger partial charge in [0.2, 0.25) is 0 Å². The van der Waals surface area contributed by atoms with Crippen LogP contribution in [0.3, 0.4) is 0 Å². The van der Waals surface area contributed by atoms with E-state index in [0.29, 0.717) is 6.42 Å². The average Bonchev–Trinajstić information content (AvgIpc) is 2.98. The maximum absolute atomic E-state index is 11.7. The first-order valence-corrected chi connectivity index (χ1v) is 9.12. The van der Waals surface area contributed by atoms with E-state index in [9.17, 15) is 4.79 Å². The third kappa shape index (κ3) is 3.45. The number of benzene rings is 1. The molecule has 0 aliphatic carbocycles. The lowest BCUT2D eigenvalue weighted by atomic mass is 9.74.